The minimum absolute atomic E-state index is 0.0221. The topological polar surface area (TPSA) is 42.0 Å². The van der Waals surface area contributed by atoms with Crippen molar-refractivity contribution in [3.05, 3.63) is 71.1 Å². The Morgan fingerprint density at radius 3 is 2.83 bits per heavy atom. The van der Waals surface area contributed by atoms with Crippen molar-refractivity contribution in [3.63, 3.8) is 0 Å². The van der Waals surface area contributed by atoms with Crippen LogP contribution in [-0.4, -0.2) is 10.9 Å². The van der Waals surface area contributed by atoms with Gasteiger partial charge in [0.15, 0.2) is 0 Å². The number of carbonyl (C=O) groups is 1. The molecule has 0 aliphatic heterocycles. The number of halogens is 1. The van der Waals surface area contributed by atoms with E-state index in [2.05, 4.69) is 10.3 Å². The molecule has 1 aromatic carbocycles. The van der Waals surface area contributed by atoms with Gasteiger partial charge in [-0.3, -0.25) is 9.78 Å². The number of hydrogen-bond acceptors (Lipinski definition) is 3. The fraction of sp³-hybridized carbons (Fsp3) is 0.111. The van der Waals surface area contributed by atoms with E-state index >= 15 is 0 Å². The zero-order valence-electron chi connectivity index (χ0n) is 12.5. The van der Waals surface area contributed by atoms with Crippen molar-refractivity contribution in [2.75, 3.05) is 5.32 Å². The molecule has 0 aliphatic carbocycles. The van der Waals surface area contributed by atoms with E-state index in [1.165, 1.54) is 17.4 Å². The lowest BCUT2D eigenvalue weighted by atomic mass is 10.1. The number of anilines is 1. The fourth-order valence-electron chi connectivity index (χ4n) is 2.27. The summed E-state index contributed by atoms with van der Waals surface area (Å²) in [4.78, 5) is 16.2. The molecule has 3 rings (SSSR count). The number of aryl methyl sites for hydroxylation is 1. The molecule has 23 heavy (non-hydrogen) atoms. The molecular weight excluding hydrogens is 311 g/mol. The first-order chi connectivity index (χ1) is 11.1. The smallest absolute Gasteiger partial charge is 0.229 e. The summed E-state index contributed by atoms with van der Waals surface area (Å²) in [7, 11) is 0. The molecule has 1 N–H and O–H groups in total. The highest BCUT2D eigenvalue weighted by Gasteiger charge is 2.10. The van der Waals surface area contributed by atoms with Gasteiger partial charge in [-0.1, -0.05) is 18.2 Å². The highest BCUT2D eigenvalue weighted by atomic mass is 32.1. The van der Waals surface area contributed by atoms with E-state index in [-0.39, 0.29) is 18.1 Å². The lowest BCUT2D eigenvalue weighted by Crippen LogP contribution is -2.14. The van der Waals surface area contributed by atoms with Crippen LogP contribution in [0.15, 0.2) is 54.0 Å². The first-order valence-corrected chi connectivity index (χ1v) is 8.04. The Morgan fingerprint density at radius 2 is 2.04 bits per heavy atom. The van der Waals surface area contributed by atoms with Crippen molar-refractivity contribution in [1.29, 1.82) is 0 Å². The summed E-state index contributed by atoms with van der Waals surface area (Å²) in [5.74, 6) is -0.587. The third kappa shape index (κ3) is 3.81. The first-order valence-electron chi connectivity index (χ1n) is 7.16. The monoisotopic (exact) mass is 326 g/mol. The lowest BCUT2D eigenvalue weighted by molar-refractivity contribution is -0.115. The van der Waals surface area contributed by atoms with E-state index in [1.807, 2.05) is 30.5 Å². The largest absolute Gasteiger partial charge is 0.317 e. The van der Waals surface area contributed by atoms with Crippen LogP contribution < -0.4 is 5.32 Å². The summed E-state index contributed by atoms with van der Waals surface area (Å²) in [6, 6.07) is 12.2. The Bertz CT molecular complexity index is 844. The van der Waals surface area contributed by atoms with Crippen LogP contribution in [0.5, 0.6) is 0 Å². The number of benzene rings is 1. The van der Waals surface area contributed by atoms with Gasteiger partial charge in [-0.15, -0.1) is 11.3 Å². The van der Waals surface area contributed by atoms with Crippen molar-refractivity contribution in [2.24, 2.45) is 0 Å². The summed E-state index contributed by atoms with van der Waals surface area (Å²) >= 11 is 1.45. The van der Waals surface area contributed by atoms with Crippen LogP contribution in [0, 0.1) is 12.7 Å². The van der Waals surface area contributed by atoms with Gasteiger partial charge >= 0.3 is 0 Å². The molecular formula is C18H15FN2OS. The molecule has 0 spiro atoms. The minimum atomic E-state index is -0.359. The second-order valence-corrected chi connectivity index (χ2v) is 6.11. The maximum Gasteiger partial charge on any atom is 0.229 e. The third-order valence-electron chi connectivity index (χ3n) is 3.40. The number of nitrogens with one attached hydrogen (secondary N) is 1. The predicted molar refractivity (Wildman–Crippen MR) is 91.0 cm³/mol. The number of thiophene rings is 1. The minimum Gasteiger partial charge on any atom is -0.317 e. The highest BCUT2D eigenvalue weighted by molar-refractivity contribution is 7.14. The van der Waals surface area contributed by atoms with E-state index in [0.717, 1.165) is 21.8 Å². The van der Waals surface area contributed by atoms with Gasteiger partial charge in [0.05, 0.1) is 11.4 Å². The van der Waals surface area contributed by atoms with Gasteiger partial charge in [0.2, 0.25) is 5.91 Å². The van der Waals surface area contributed by atoms with Gasteiger partial charge in [0.25, 0.3) is 0 Å². The van der Waals surface area contributed by atoms with Gasteiger partial charge in [-0.25, -0.2) is 4.39 Å². The van der Waals surface area contributed by atoms with Gasteiger partial charge in [-0.05, 0) is 47.9 Å². The Kier molecular flexibility index (Phi) is 4.48. The SMILES string of the molecule is Cc1cc(-c2csc(NC(=O)Cc3ccccc3F)c2)ccn1. The van der Waals surface area contributed by atoms with Crippen LogP contribution in [0.3, 0.4) is 0 Å². The Balaban J connectivity index is 1.69. The average Bonchev–Trinajstić information content (AvgIpc) is 2.98. The van der Waals surface area contributed by atoms with Gasteiger partial charge in [0, 0.05) is 17.3 Å². The van der Waals surface area contributed by atoms with Gasteiger partial charge in [0.1, 0.15) is 5.82 Å². The van der Waals surface area contributed by atoms with E-state index in [9.17, 15) is 9.18 Å². The van der Waals surface area contributed by atoms with Crippen LogP contribution in [-0.2, 0) is 11.2 Å². The van der Waals surface area contributed by atoms with Gasteiger partial charge in [-0.2, -0.15) is 0 Å². The fourth-order valence-corrected chi connectivity index (χ4v) is 3.10. The molecule has 0 unspecified atom stereocenters. The summed E-state index contributed by atoms with van der Waals surface area (Å²) in [5.41, 5.74) is 3.43. The first kappa shape index (κ1) is 15.4. The summed E-state index contributed by atoms with van der Waals surface area (Å²) < 4.78 is 13.6. The molecule has 0 fully saturated rings. The molecule has 0 saturated carbocycles. The third-order valence-corrected chi connectivity index (χ3v) is 4.25. The number of hydrogen-bond donors (Lipinski definition) is 1. The molecule has 3 nitrogen and oxygen atoms in total. The average molecular weight is 326 g/mol. The van der Waals surface area contributed by atoms with E-state index in [4.69, 9.17) is 0 Å². The molecule has 0 saturated heterocycles. The zero-order valence-corrected chi connectivity index (χ0v) is 13.4. The van der Waals surface area contributed by atoms with E-state index in [0.29, 0.717) is 5.56 Å². The molecule has 5 heteroatoms. The Hall–Kier alpha value is -2.53. The number of aromatic nitrogens is 1. The van der Waals surface area contributed by atoms with Gasteiger partial charge < -0.3 is 5.32 Å². The molecule has 0 aliphatic rings. The van der Waals surface area contributed by atoms with E-state index < -0.39 is 0 Å². The Labute approximate surface area is 137 Å². The van der Waals surface area contributed by atoms with Crippen molar-refractivity contribution in [3.8, 4) is 11.1 Å². The standard InChI is InChI=1S/C18H15FN2OS/c1-12-8-13(6-7-20-12)15-10-18(23-11-15)21-17(22)9-14-4-2-3-5-16(14)19/h2-8,10-11H,9H2,1H3,(H,21,22). The molecule has 0 bridgehead atoms. The number of pyridine rings is 1. The molecule has 1 amide bonds. The highest BCUT2D eigenvalue weighted by Crippen LogP contribution is 2.29. The number of rotatable bonds is 4. The number of carbonyl (C=O) groups excluding carboxylic acids is 1. The summed E-state index contributed by atoms with van der Waals surface area (Å²) in [6.07, 6.45) is 1.78. The quantitative estimate of drug-likeness (QED) is 0.770. The van der Waals surface area contributed by atoms with Crippen molar-refractivity contribution in [2.45, 2.75) is 13.3 Å². The Morgan fingerprint density at radius 1 is 1.22 bits per heavy atom. The molecule has 3 aromatic rings. The molecule has 116 valence electrons. The van der Waals surface area contributed by atoms with Crippen molar-refractivity contribution in [1.82, 2.24) is 4.98 Å². The lowest BCUT2D eigenvalue weighted by Gasteiger charge is -2.03. The van der Waals surface area contributed by atoms with Crippen molar-refractivity contribution < 1.29 is 9.18 Å². The summed E-state index contributed by atoms with van der Waals surface area (Å²) in [6.45, 7) is 1.94. The number of amides is 1. The maximum atomic E-state index is 13.6. The molecule has 2 heterocycles. The van der Waals surface area contributed by atoms with E-state index in [1.54, 1.807) is 24.4 Å². The predicted octanol–water partition coefficient (Wildman–Crippen LogP) is 4.44. The molecule has 2 aromatic heterocycles. The zero-order chi connectivity index (χ0) is 16.2. The second kappa shape index (κ2) is 6.71. The van der Waals surface area contributed by atoms with Crippen LogP contribution in [0.25, 0.3) is 11.1 Å². The maximum absolute atomic E-state index is 13.6. The summed E-state index contributed by atoms with van der Waals surface area (Å²) in [5, 5.41) is 5.55. The molecule has 0 atom stereocenters. The van der Waals surface area contributed by atoms with Crippen LogP contribution in [0.2, 0.25) is 0 Å². The second-order valence-electron chi connectivity index (χ2n) is 5.20. The van der Waals surface area contributed by atoms with Crippen LogP contribution in [0.4, 0.5) is 9.39 Å². The van der Waals surface area contributed by atoms with Crippen LogP contribution >= 0.6 is 11.3 Å². The van der Waals surface area contributed by atoms with Crippen LogP contribution in [0.1, 0.15) is 11.3 Å². The van der Waals surface area contributed by atoms with Crippen molar-refractivity contribution >= 4 is 22.2 Å². The number of nitrogens with zero attached hydrogens (tertiary/aromatic N) is 1. The normalized spacial score (nSPS) is 10.5. The molecule has 0 radical (unpaired) electrons.